The standard InChI is InChI=1S/C18H19NO2.C2H6/c20-18(21)17-13-19(11-14-7-3-1-4-8-14)12-16(17)15-9-5-2-6-10-15;1-2/h1-10,16-17H,11-13H2,(H,20,21);1-2H3/t16-,17+;/m0./s1. The van der Waals surface area contributed by atoms with Crippen molar-refractivity contribution in [3.63, 3.8) is 0 Å². The number of nitrogens with zero attached hydrogens (tertiary/aromatic N) is 1. The molecule has 1 N–H and O–H groups in total. The van der Waals surface area contributed by atoms with Crippen molar-refractivity contribution in [2.75, 3.05) is 13.1 Å². The summed E-state index contributed by atoms with van der Waals surface area (Å²) in [7, 11) is 0. The Morgan fingerprint density at radius 1 is 1.00 bits per heavy atom. The Bertz CT molecular complexity index is 598. The smallest absolute Gasteiger partial charge is 0.308 e. The van der Waals surface area contributed by atoms with Crippen LogP contribution in [0.15, 0.2) is 60.7 Å². The van der Waals surface area contributed by atoms with Crippen LogP contribution < -0.4 is 0 Å². The molecule has 2 aromatic rings. The van der Waals surface area contributed by atoms with Crippen LogP contribution in [-0.2, 0) is 11.3 Å². The maximum absolute atomic E-state index is 11.6. The van der Waals surface area contributed by atoms with Crippen molar-refractivity contribution in [1.82, 2.24) is 4.90 Å². The zero-order valence-electron chi connectivity index (χ0n) is 13.9. The summed E-state index contributed by atoms with van der Waals surface area (Å²) in [6.45, 7) is 6.23. The highest BCUT2D eigenvalue weighted by molar-refractivity contribution is 5.72. The van der Waals surface area contributed by atoms with Crippen LogP contribution in [0.4, 0.5) is 0 Å². The van der Waals surface area contributed by atoms with Crippen molar-refractivity contribution < 1.29 is 9.90 Å². The topological polar surface area (TPSA) is 40.5 Å². The van der Waals surface area contributed by atoms with Crippen LogP contribution in [0.5, 0.6) is 0 Å². The maximum atomic E-state index is 11.6. The van der Waals surface area contributed by atoms with Gasteiger partial charge >= 0.3 is 5.97 Å². The quantitative estimate of drug-likeness (QED) is 0.927. The van der Waals surface area contributed by atoms with Gasteiger partial charge < -0.3 is 5.11 Å². The van der Waals surface area contributed by atoms with Crippen LogP contribution in [0.2, 0.25) is 0 Å². The number of likely N-dealkylation sites (tertiary alicyclic amines) is 1. The Hall–Kier alpha value is -2.13. The summed E-state index contributed by atoms with van der Waals surface area (Å²) in [5.74, 6) is -0.942. The molecule has 1 aliphatic rings. The minimum atomic E-state index is -0.695. The molecule has 122 valence electrons. The molecule has 0 spiro atoms. The molecule has 3 heteroatoms. The Morgan fingerprint density at radius 2 is 1.57 bits per heavy atom. The van der Waals surface area contributed by atoms with E-state index >= 15 is 0 Å². The summed E-state index contributed by atoms with van der Waals surface area (Å²) in [4.78, 5) is 13.8. The minimum Gasteiger partial charge on any atom is -0.481 e. The molecule has 0 amide bonds. The summed E-state index contributed by atoms with van der Waals surface area (Å²) in [6, 6.07) is 20.2. The van der Waals surface area contributed by atoms with Gasteiger partial charge in [-0.2, -0.15) is 0 Å². The number of hydrogen-bond acceptors (Lipinski definition) is 2. The minimum absolute atomic E-state index is 0.0763. The second-order valence-corrected chi connectivity index (χ2v) is 5.64. The van der Waals surface area contributed by atoms with Crippen molar-refractivity contribution in [2.45, 2.75) is 26.3 Å². The number of aliphatic carboxylic acids is 1. The van der Waals surface area contributed by atoms with E-state index in [1.54, 1.807) is 0 Å². The summed E-state index contributed by atoms with van der Waals surface area (Å²) in [6.07, 6.45) is 0. The first-order valence-corrected chi connectivity index (χ1v) is 8.28. The lowest BCUT2D eigenvalue weighted by atomic mass is 9.89. The van der Waals surface area contributed by atoms with Gasteiger partial charge in [-0.25, -0.2) is 0 Å². The van der Waals surface area contributed by atoms with E-state index in [1.807, 2.05) is 62.4 Å². The van der Waals surface area contributed by atoms with Crippen molar-refractivity contribution in [3.8, 4) is 0 Å². The second-order valence-electron chi connectivity index (χ2n) is 5.64. The first-order valence-electron chi connectivity index (χ1n) is 8.28. The SMILES string of the molecule is CC.O=C(O)[C@@H]1CN(Cc2ccccc2)C[C@H]1c1ccccc1. The van der Waals surface area contributed by atoms with E-state index in [0.29, 0.717) is 6.54 Å². The van der Waals surface area contributed by atoms with Crippen LogP contribution in [0.3, 0.4) is 0 Å². The normalized spacial score (nSPS) is 20.6. The number of carboxylic acids is 1. The monoisotopic (exact) mass is 311 g/mol. The molecule has 1 aliphatic heterocycles. The van der Waals surface area contributed by atoms with Crippen LogP contribution >= 0.6 is 0 Å². The first-order chi connectivity index (χ1) is 11.2. The molecule has 0 saturated carbocycles. The zero-order chi connectivity index (χ0) is 16.7. The van der Waals surface area contributed by atoms with Gasteiger partial charge in [-0.1, -0.05) is 74.5 Å². The average molecular weight is 311 g/mol. The molecule has 0 radical (unpaired) electrons. The summed E-state index contributed by atoms with van der Waals surface area (Å²) >= 11 is 0. The Kier molecular flexibility index (Phi) is 6.36. The molecular formula is C20H25NO2. The molecule has 0 bridgehead atoms. The Morgan fingerprint density at radius 3 is 2.13 bits per heavy atom. The van der Waals surface area contributed by atoms with E-state index in [9.17, 15) is 9.90 Å². The lowest BCUT2D eigenvalue weighted by molar-refractivity contribution is -0.141. The highest BCUT2D eigenvalue weighted by atomic mass is 16.4. The second kappa shape index (κ2) is 8.49. The highest BCUT2D eigenvalue weighted by Crippen LogP contribution is 2.33. The lowest BCUT2D eigenvalue weighted by Gasteiger charge is -2.16. The van der Waals surface area contributed by atoms with E-state index in [-0.39, 0.29) is 11.8 Å². The van der Waals surface area contributed by atoms with Crippen LogP contribution in [0, 0.1) is 5.92 Å². The average Bonchev–Trinajstić information content (AvgIpc) is 3.02. The fourth-order valence-electron chi connectivity index (χ4n) is 3.14. The predicted molar refractivity (Wildman–Crippen MR) is 93.4 cm³/mol. The molecule has 2 atom stereocenters. The summed E-state index contributed by atoms with van der Waals surface area (Å²) in [5, 5.41) is 9.50. The van der Waals surface area contributed by atoms with Crippen LogP contribution in [0.25, 0.3) is 0 Å². The summed E-state index contributed by atoms with van der Waals surface area (Å²) < 4.78 is 0. The fourth-order valence-corrected chi connectivity index (χ4v) is 3.14. The Balaban J connectivity index is 0.000000924. The maximum Gasteiger partial charge on any atom is 0.308 e. The number of rotatable bonds is 4. The molecule has 1 heterocycles. The van der Waals surface area contributed by atoms with E-state index in [0.717, 1.165) is 18.7 Å². The van der Waals surface area contributed by atoms with Crippen molar-refractivity contribution in [2.24, 2.45) is 5.92 Å². The van der Waals surface area contributed by atoms with Crippen molar-refractivity contribution in [3.05, 3.63) is 71.8 Å². The molecule has 0 unspecified atom stereocenters. The fraction of sp³-hybridized carbons (Fsp3) is 0.350. The Labute approximate surface area is 138 Å². The van der Waals surface area contributed by atoms with Gasteiger partial charge in [0.1, 0.15) is 0 Å². The molecule has 2 aromatic carbocycles. The van der Waals surface area contributed by atoms with E-state index in [4.69, 9.17) is 0 Å². The number of carbonyl (C=O) groups is 1. The molecule has 23 heavy (non-hydrogen) atoms. The van der Waals surface area contributed by atoms with Crippen LogP contribution in [-0.4, -0.2) is 29.1 Å². The highest BCUT2D eigenvalue weighted by Gasteiger charge is 2.38. The van der Waals surface area contributed by atoms with Gasteiger partial charge in [0.25, 0.3) is 0 Å². The van der Waals surface area contributed by atoms with E-state index < -0.39 is 5.97 Å². The lowest BCUT2D eigenvalue weighted by Crippen LogP contribution is -2.23. The van der Waals surface area contributed by atoms with Crippen molar-refractivity contribution in [1.29, 1.82) is 0 Å². The van der Waals surface area contributed by atoms with E-state index in [1.165, 1.54) is 5.56 Å². The van der Waals surface area contributed by atoms with Gasteiger partial charge in [0.05, 0.1) is 5.92 Å². The molecule has 3 nitrogen and oxygen atoms in total. The molecule has 1 fully saturated rings. The van der Waals surface area contributed by atoms with Crippen molar-refractivity contribution >= 4 is 5.97 Å². The molecule has 0 aliphatic carbocycles. The van der Waals surface area contributed by atoms with Gasteiger partial charge in [-0.3, -0.25) is 9.69 Å². The molecule has 1 saturated heterocycles. The number of carboxylic acid groups (broad SMARTS) is 1. The number of benzene rings is 2. The largest absolute Gasteiger partial charge is 0.481 e. The third kappa shape index (κ3) is 4.42. The third-order valence-electron chi connectivity index (χ3n) is 4.19. The summed E-state index contributed by atoms with van der Waals surface area (Å²) in [5.41, 5.74) is 2.36. The van der Waals surface area contributed by atoms with Crippen LogP contribution in [0.1, 0.15) is 30.9 Å². The third-order valence-corrected chi connectivity index (χ3v) is 4.19. The zero-order valence-corrected chi connectivity index (χ0v) is 13.9. The predicted octanol–water partition coefficient (Wildman–Crippen LogP) is 4.01. The molecular weight excluding hydrogens is 286 g/mol. The van der Waals surface area contributed by atoms with Gasteiger partial charge in [-0.15, -0.1) is 0 Å². The van der Waals surface area contributed by atoms with Gasteiger partial charge in [0.15, 0.2) is 0 Å². The van der Waals surface area contributed by atoms with Gasteiger partial charge in [0, 0.05) is 25.6 Å². The molecule has 0 aromatic heterocycles. The number of hydrogen-bond donors (Lipinski definition) is 1. The molecule has 3 rings (SSSR count). The van der Waals surface area contributed by atoms with E-state index in [2.05, 4.69) is 17.0 Å². The van der Waals surface area contributed by atoms with Gasteiger partial charge in [0.2, 0.25) is 0 Å². The first kappa shape index (κ1) is 17.2. The van der Waals surface area contributed by atoms with Gasteiger partial charge in [-0.05, 0) is 11.1 Å².